The third-order valence-corrected chi connectivity index (χ3v) is 2.85. The second kappa shape index (κ2) is 6.61. The van der Waals surface area contributed by atoms with Crippen LogP contribution < -0.4 is 10.1 Å². The zero-order valence-electron chi connectivity index (χ0n) is 13.1. The van der Waals surface area contributed by atoms with Crippen LogP contribution in [-0.2, 0) is 12.0 Å². The average Bonchev–Trinajstić information content (AvgIpc) is 2.95. The smallest absolute Gasteiger partial charge is 0.218 e. The van der Waals surface area contributed by atoms with E-state index >= 15 is 0 Å². The van der Waals surface area contributed by atoms with Crippen LogP contribution in [0.2, 0.25) is 0 Å². The Labute approximate surface area is 125 Å². The Bertz CT molecular complexity index is 559. The molecule has 0 aromatic carbocycles. The zero-order chi connectivity index (χ0) is 15.3. The molecule has 2 rings (SSSR count). The molecule has 0 aliphatic carbocycles. The number of anilines is 1. The number of nitrogens with one attached hydrogen (secondary N) is 1. The van der Waals surface area contributed by atoms with Crippen molar-refractivity contribution >= 4 is 5.82 Å². The minimum absolute atomic E-state index is 0.132. The molecule has 2 aromatic rings. The van der Waals surface area contributed by atoms with Crippen molar-refractivity contribution in [3.05, 3.63) is 36.0 Å². The molecule has 0 aliphatic heterocycles. The number of nitrogens with zero attached hydrogens (tertiary/aromatic N) is 2. The van der Waals surface area contributed by atoms with Gasteiger partial charge in [0.1, 0.15) is 17.4 Å². The number of aromatic nitrogens is 2. The fourth-order valence-corrected chi connectivity index (χ4v) is 1.72. The molecule has 0 spiro atoms. The molecule has 2 heterocycles. The van der Waals surface area contributed by atoms with Crippen molar-refractivity contribution < 1.29 is 9.15 Å². The Morgan fingerprint density at radius 3 is 2.71 bits per heavy atom. The lowest BCUT2D eigenvalue weighted by Crippen LogP contribution is -2.18. The number of hydrogen-bond acceptors (Lipinski definition) is 5. The highest BCUT2D eigenvalue weighted by Crippen LogP contribution is 2.23. The molecule has 2 aromatic heterocycles. The van der Waals surface area contributed by atoms with Crippen LogP contribution in [0.1, 0.15) is 45.7 Å². The fraction of sp³-hybridized carbons (Fsp3) is 0.500. The molecule has 0 saturated carbocycles. The Kier molecular flexibility index (Phi) is 4.83. The van der Waals surface area contributed by atoms with Gasteiger partial charge in [0.25, 0.3) is 0 Å². The normalized spacial score (nSPS) is 11.4. The van der Waals surface area contributed by atoms with Gasteiger partial charge < -0.3 is 14.5 Å². The predicted molar refractivity (Wildman–Crippen MR) is 82.6 cm³/mol. The van der Waals surface area contributed by atoms with E-state index in [1.165, 1.54) is 0 Å². The monoisotopic (exact) mass is 289 g/mol. The summed E-state index contributed by atoms with van der Waals surface area (Å²) in [7, 11) is 0. The van der Waals surface area contributed by atoms with Crippen molar-refractivity contribution in [3.8, 4) is 5.88 Å². The lowest BCUT2D eigenvalue weighted by atomic mass is 9.96. The number of rotatable bonds is 6. The van der Waals surface area contributed by atoms with Crippen LogP contribution in [0.3, 0.4) is 0 Å². The Morgan fingerprint density at radius 1 is 1.29 bits per heavy atom. The molecule has 114 valence electrons. The molecule has 0 radical (unpaired) electrons. The molecule has 0 bridgehead atoms. The number of hydrogen-bond donors (Lipinski definition) is 1. The first-order valence-electron chi connectivity index (χ1n) is 7.27. The summed E-state index contributed by atoms with van der Waals surface area (Å²) >= 11 is 0. The molecule has 1 N–H and O–H groups in total. The van der Waals surface area contributed by atoms with Gasteiger partial charge in [-0.3, -0.25) is 0 Å². The van der Waals surface area contributed by atoms with E-state index in [-0.39, 0.29) is 5.41 Å². The SMILES string of the molecule is CCCOc1cc(NCc2ccco2)nc(C(C)(C)C)n1. The van der Waals surface area contributed by atoms with Crippen LogP contribution in [0.5, 0.6) is 5.88 Å². The van der Waals surface area contributed by atoms with Crippen LogP contribution in [-0.4, -0.2) is 16.6 Å². The van der Waals surface area contributed by atoms with E-state index < -0.39 is 0 Å². The van der Waals surface area contributed by atoms with Crippen molar-refractivity contribution in [1.29, 1.82) is 0 Å². The van der Waals surface area contributed by atoms with E-state index in [1.54, 1.807) is 6.26 Å². The van der Waals surface area contributed by atoms with Crippen LogP contribution in [0.4, 0.5) is 5.82 Å². The maximum Gasteiger partial charge on any atom is 0.218 e. The summed E-state index contributed by atoms with van der Waals surface area (Å²) in [6.45, 7) is 9.56. The number of furan rings is 1. The van der Waals surface area contributed by atoms with Gasteiger partial charge in [0.05, 0.1) is 19.4 Å². The fourth-order valence-electron chi connectivity index (χ4n) is 1.72. The summed E-state index contributed by atoms with van der Waals surface area (Å²) in [4.78, 5) is 9.06. The minimum atomic E-state index is -0.132. The summed E-state index contributed by atoms with van der Waals surface area (Å²) in [5.74, 6) is 2.98. The molecule has 0 saturated heterocycles. The van der Waals surface area contributed by atoms with Crippen LogP contribution >= 0.6 is 0 Å². The lowest BCUT2D eigenvalue weighted by molar-refractivity contribution is 0.301. The van der Waals surface area contributed by atoms with E-state index in [1.807, 2.05) is 18.2 Å². The van der Waals surface area contributed by atoms with Gasteiger partial charge in [0.2, 0.25) is 5.88 Å². The number of ether oxygens (including phenoxy) is 1. The standard InChI is InChI=1S/C16H23N3O2/c1-5-8-21-14-10-13(17-11-12-7-6-9-20-12)18-15(19-14)16(2,3)4/h6-7,9-10H,5,8,11H2,1-4H3,(H,17,18,19). The summed E-state index contributed by atoms with van der Waals surface area (Å²) < 4.78 is 11.0. The van der Waals surface area contributed by atoms with E-state index in [9.17, 15) is 0 Å². The van der Waals surface area contributed by atoms with Crippen molar-refractivity contribution in [2.45, 2.75) is 46.1 Å². The highest BCUT2D eigenvalue weighted by atomic mass is 16.5. The molecular formula is C16H23N3O2. The van der Waals surface area contributed by atoms with Crippen molar-refractivity contribution in [2.75, 3.05) is 11.9 Å². The van der Waals surface area contributed by atoms with Gasteiger partial charge in [-0.25, -0.2) is 4.98 Å². The Hall–Kier alpha value is -2.04. The molecule has 0 aliphatic rings. The third kappa shape index (κ3) is 4.48. The first-order valence-corrected chi connectivity index (χ1v) is 7.27. The van der Waals surface area contributed by atoms with Crippen LogP contribution in [0.15, 0.2) is 28.9 Å². The average molecular weight is 289 g/mol. The van der Waals surface area contributed by atoms with Crippen molar-refractivity contribution in [1.82, 2.24) is 9.97 Å². The Balaban J connectivity index is 2.17. The second-order valence-corrected chi connectivity index (χ2v) is 5.95. The highest BCUT2D eigenvalue weighted by Gasteiger charge is 2.19. The highest BCUT2D eigenvalue weighted by molar-refractivity contribution is 5.39. The van der Waals surface area contributed by atoms with E-state index in [2.05, 4.69) is 43.0 Å². The quantitative estimate of drug-likeness (QED) is 0.877. The lowest BCUT2D eigenvalue weighted by Gasteiger charge is -2.18. The van der Waals surface area contributed by atoms with Crippen LogP contribution in [0.25, 0.3) is 0 Å². The summed E-state index contributed by atoms with van der Waals surface area (Å²) in [5, 5.41) is 3.25. The third-order valence-electron chi connectivity index (χ3n) is 2.85. The molecule has 0 amide bonds. The molecule has 0 unspecified atom stereocenters. The summed E-state index contributed by atoms with van der Waals surface area (Å²) in [6.07, 6.45) is 2.61. The van der Waals surface area contributed by atoms with Gasteiger partial charge in [-0.1, -0.05) is 27.7 Å². The minimum Gasteiger partial charge on any atom is -0.478 e. The predicted octanol–water partition coefficient (Wildman–Crippen LogP) is 3.77. The van der Waals surface area contributed by atoms with E-state index in [0.717, 1.165) is 23.8 Å². The topological polar surface area (TPSA) is 60.2 Å². The van der Waals surface area contributed by atoms with E-state index in [4.69, 9.17) is 9.15 Å². The van der Waals surface area contributed by atoms with Crippen LogP contribution in [0, 0.1) is 0 Å². The zero-order valence-corrected chi connectivity index (χ0v) is 13.1. The Morgan fingerprint density at radius 2 is 2.10 bits per heavy atom. The first-order chi connectivity index (χ1) is 9.99. The summed E-state index contributed by atoms with van der Waals surface area (Å²) in [5.41, 5.74) is -0.132. The van der Waals surface area contributed by atoms with Gasteiger partial charge in [0.15, 0.2) is 0 Å². The van der Waals surface area contributed by atoms with E-state index in [0.29, 0.717) is 19.0 Å². The molecule has 21 heavy (non-hydrogen) atoms. The molecule has 0 atom stereocenters. The van der Waals surface area contributed by atoms with Gasteiger partial charge >= 0.3 is 0 Å². The maximum atomic E-state index is 5.65. The molecule has 5 nitrogen and oxygen atoms in total. The second-order valence-electron chi connectivity index (χ2n) is 5.95. The summed E-state index contributed by atoms with van der Waals surface area (Å²) in [6, 6.07) is 5.62. The van der Waals surface area contributed by atoms with Crippen molar-refractivity contribution in [2.24, 2.45) is 0 Å². The van der Waals surface area contributed by atoms with Gasteiger partial charge in [-0.2, -0.15) is 4.98 Å². The van der Waals surface area contributed by atoms with Gasteiger partial charge in [0, 0.05) is 11.5 Å². The first kappa shape index (κ1) is 15.4. The molecular weight excluding hydrogens is 266 g/mol. The van der Waals surface area contributed by atoms with Gasteiger partial charge in [-0.15, -0.1) is 0 Å². The van der Waals surface area contributed by atoms with Crippen molar-refractivity contribution in [3.63, 3.8) is 0 Å². The molecule has 5 heteroatoms. The van der Waals surface area contributed by atoms with Gasteiger partial charge in [-0.05, 0) is 18.6 Å². The largest absolute Gasteiger partial charge is 0.478 e. The molecule has 0 fully saturated rings. The maximum absolute atomic E-state index is 5.65.